The monoisotopic (exact) mass is 221 g/mol. The fraction of sp³-hybridized carbons (Fsp3) is 0. The van der Waals surface area contributed by atoms with Crippen LogP contribution in [-0.4, -0.2) is 15.4 Å². The van der Waals surface area contributed by atoms with Crippen molar-refractivity contribution in [3.05, 3.63) is 60.8 Å². The van der Waals surface area contributed by atoms with Gasteiger partial charge in [0.1, 0.15) is 5.69 Å². The van der Waals surface area contributed by atoms with Gasteiger partial charge in [-0.3, -0.25) is 5.10 Å². The van der Waals surface area contributed by atoms with Crippen LogP contribution < -0.4 is 0 Å². The van der Waals surface area contributed by atoms with Gasteiger partial charge in [0, 0.05) is 11.8 Å². The molecule has 1 N–H and O–H groups in total. The number of aromatic amines is 1. The minimum atomic E-state index is 0.865. The van der Waals surface area contributed by atoms with Crippen LogP contribution >= 0.6 is 0 Å². The Kier molecular flexibility index (Phi) is 2.43. The number of nitrogens with zero attached hydrogens (tertiary/aromatic N) is 2. The molecular weight excluding hydrogens is 210 g/mol. The van der Waals surface area contributed by atoms with Crippen molar-refractivity contribution in [1.82, 2.24) is 15.4 Å². The summed E-state index contributed by atoms with van der Waals surface area (Å²) in [6.07, 6.45) is 1.79. The highest BCUT2D eigenvalue weighted by atomic mass is 15.3. The van der Waals surface area contributed by atoms with Crippen molar-refractivity contribution >= 4 is 0 Å². The van der Waals surface area contributed by atoms with Crippen molar-refractivity contribution in [2.24, 2.45) is 0 Å². The first-order chi connectivity index (χ1) is 8.43. The number of aromatic nitrogens is 3. The van der Waals surface area contributed by atoms with E-state index in [9.17, 15) is 0 Å². The highest BCUT2D eigenvalue weighted by Crippen LogP contribution is 2.22. The molecule has 17 heavy (non-hydrogen) atoms. The zero-order chi connectivity index (χ0) is 11.5. The molecule has 2 aromatic carbocycles. The molecular formula is C14H11N3. The topological polar surface area (TPSA) is 41.6 Å². The van der Waals surface area contributed by atoms with Crippen LogP contribution in [0, 0.1) is 0 Å². The molecule has 3 aromatic rings. The molecule has 1 aromatic heterocycles. The highest BCUT2D eigenvalue weighted by Gasteiger charge is 2.01. The Morgan fingerprint density at radius 2 is 1.35 bits per heavy atom. The minimum absolute atomic E-state index is 0.865. The van der Waals surface area contributed by atoms with Crippen molar-refractivity contribution in [3.63, 3.8) is 0 Å². The maximum absolute atomic E-state index is 3.98. The van der Waals surface area contributed by atoms with Gasteiger partial charge in [0.2, 0.25) is 0 Å². The first kappa shape index (κ1) is 9.78. The summed E-state index contributed by atoms with van der Waals surface area (Å²) >= 11 is 0. The van der Waals surface area contributed by atoms with Crippen LogP contribution in [-0.2, 0) is 0 Å². The molecule has 3 nitrogen and oxygen atoms in total. The van der Waals surface area contributed by atoms with Gasteiger partial charge in [0.25, 0.3) is 0 Å². The summed E-state index contributed by atoms with van der Waals surface area (Å²) in [7, 11) is 0. The summed E-state index contributed by atoms with van der Waals surface area (Å²) in [5.41, 5.74) is 4.36. The summed E-state index contributed by atoms with van der Waals surface area (Å²) < 4.78 is 0. The molecule has 3 rings (SSSR count). The van der Waals surface area contributed by atoms with Gasteiger partial charge in [-0.2, -0.15) is 0 Å². The Morgan fingerprint density at radius 1 is 0.706 bits per heavy atom. The van der Waals surface area contributed by atoms with Crippen LogP contribution in [0.3, 0.4) is 0 Å². The Hall–Kier alpha value is -2.42. The number of H-pyrrole nitrogens is 1. The van der Waals surface area contributed by atoms with Gasteiger partial charge in [0.05, 0.1) is 0 Å². The number of hydrogen-bond donors (Lipinski definition) is 1. The molecule has 3 heteroatoms. The van der Waals surface area contributed by atoms with Crippen molar-refractivity contribution in [2.75, 3.05) is 0 Å². The molecule has 0 amide bonds. The molecule has 0 fully saturated rings. The average Bonchev–Trinajstić information content (AvgIpc) is 2.94. The third kappa shape index (κ3) is 1.95. The minimum Gasteiger partial charge on any atom is -0.265 e. The summed E-state index contributed by atoms with van der Waals surface area (Å²) in [4.78, 5) is 0. The molecule has 0 aliphatic heterocycles. The van der Waals surface area contributed by atoms with E-state index < -0.39 is 0 Å². The Labute approximate surface area is 99.1 Å². The van der Waals surface area contributed by atoms with Crippen molar-refractivity contribution < 1.29 is 0 Å². The molecule has 0 bridgehead atoms. The zero-order valence-electron chi connectivity index (χ0n) is 9.17. The van der Waals surface area contributed by atoms with Crippen LogP contribution in [0.25, 0.3) is 22.4 Å². The van der Waals surface area contributed by atoms with Gasteiger partial charge in [-0.1, -0.05) is 59.8 Å². The maximum Gasteiger partial charge on any atom is 0.112 e. The van der Waals surface area contributed by atoms with Crippen molar-refractivity contribution in [1.29, 1.82) is 0 Å². The predicted octanol–water partition coefficient (Wildman–Crippen LogP) is 3.14. The van der Waals surface area contributed by atoms with Gasteiger partial charge in [-0.15, -0.1) is 5.10 Å². The van der Waals surface area contributed by atoms with Gasteiger partial charge in [-0.25, -0.2) is 0 Å². The van der Waals surface area contributed by atoms with E-state index in [0.717, 1.165) is 11.3 Å². The van der Waals surface area contributed by atoms with Crippen molar-refractivity contribution in [3.8, 4) is 22.4 Å². The van der Waals surface area contributed by atoms with Crippen LogP contribution in [0.5, 0.6) is 0 Å². The SMILES string of the molecule is c1ccc(-c2ccc(-c3c[nH]nn3)cc2)cc1. The number of hydrogen-bond acceptors (Lipinski definition) is 2. The molecule has 0 unspecified atom stereocenters. The molecule has 0 saturated heterocycles. The Morgan fingerprint density at radius 3 is 2.00 bits per heavy atom. The van der Waals surface area contributed by atoms with Gasteiger partial charge in [-0.05, 0) is 11.1 Å². The van der Waals surface area contributed by atoms with E-state index in [4.69, 9.17) is 0 Å². The Bertz CT molecular complexity index is 583. The third-order valence-corrected chi connectivity index (χ3v) is 2.70. The highest BCUT2D eigenvalue weighted by molar-refractivity contribution is 5.68. The molecule has 82 valence electrons. The number of rotatable bonds is 2. The van der Waals surface area contributed by atoms with E-state index in [1.807, 2.05) is 18.2 Å². The largest absolute Gasteiger partial charge is 0.265 e. The van der Waals surface area contributed by atoms with E-state index >= 15 is 0 Å². The second kappa shape index (κ2) is 4.22. The third-order valence-electron chi connectivity index (χ3n) is 2.70. The predicted molar refractivity (Wildman–Crippen MR) is 67.3 cm³/mol. The lowest BCUT2D eigenvalue weighted by molar-refractivity contribution is 0.942. The second-order valence-electron chi connectivity index (χ2n) is 3.80. The van der Waals surface area contributed by atoms with E-state index in [2.05, 4.69) is 51.8 Å². The van der Waals surface area contributed by atoms with Gasteiger partial charge in [0.15, 0.2) is 0 Å². The van der Waals surface area contributed by atoms with E-state index in [1.165, 1.54) is 11.1 Å². The molecule has 0 saturated carbocycles. The molecule has 0 aliphatic rings. The van der Waals surface area contributed by atoms with Crippen LogP contribution in [0.1, 0.15) is 0 Å². The lowest BCUT2D eigenvalue weighted by Crippen LogP contribution is -1.80. The summed E-state index contributed by atoms with van der Waals surface area (Å²) in [5, 5.41) is 10.4. The van der Waals surface area contributed by atoms with E-state index in [1.54, 1.807) is 6.20 Å². The van der Waals surface area contributed by atoms with Crippen molar-refractivity contribution in [2.45, 2.75) is 0 Å². The van der Waals surface area contributed by atoms with E-state index in [-0.39, 0.29) is 0 Å². The summed E-state index contributed by atoms with van der Waals surface area (Å²) in [6, 6.07) is 18.6. The normalized spacial score (nSPS) is 10.4. The van der Waals surface area contributed by atoms with Crippen LogP contribution in [0.2, 0.25) is 0 Å². The molecule has 0 spiro atoms. The summed E-state index contributed by atoms with van der Waals surface area (Å²) in [6.45, 7) is 0. The quantitative estimate of drug-likeness (QED) is 0.722. The number of benzene rings is 2. The molecule has 1 heterocycles. The average molecular weight is 221 g/mol. The molecule has 0 aliphatic carbocycles. The first-order valence-corrected chi connectivity index (χ1v) is 5.46. The fourth-order valence-corrected chi connectivity index (χ4v) is 1.81. The molecule has 0 atom stereocenters. The van der Waals surface area contributed by atoms with Gasteiger partial charge >= 0.3 is 0 Å². The standard InChI is InChI=1S/C14H11N3/c1-2-4-11(5-3-1)12-6-8-13(9-7-12)14-10-15-17-16-14/h1-10H,(H,15,16,17). The Balaban J connectivity index is 1.96. The number of nitrogens with one attached hydrogen (secondary N) is 1. The summed E-state index contributed by atoms with van der Waals surface area (Å²) in [5.74, 6) is 0. The van der Waals surface area contributed by atoms with E-state index in [0.29, 0.717) is 0 Å². The van der Waals surface area contributed by atoms with Crippen LogP contribution in [0.4, 0.5) is 0 Å². The lowest BCUT2D eigenvalue weighted by Gasteiger charge is -2.02. The maximum atomic E-state index is 3.98. The zero-order valence-corrected chi connectivity index (χ0v) is 9.17. The van der Waals surface area contributed by atoms with Crippen LogP contribution in [0.15, 0.2) is 60.8 Å². The smallest absolute Gasteiger partial charge is 0.112 e. The second-order valence-corrected chi connectivity index (χ2v) is 3.80. The molecule has 0 radical (unpaired) electrons. The first-order valence-electron chi connectivity index (χ1n) is 5.46. The lowest BCUT2D eigenvalue weighted by atomic mass is 10.0. The van der Waals surface area contributed by atoms with Gasteiger partial charge < -0.3 is 0 Å². The fourth-order valence-electron chi connectivity index (χ4n) is 1.81.